The van der Waals surface area contributed by atoms with Crippen molar-refractivity contribution in [1.82, 2.24) is 15.2 Å². The summed E-state index contributed by atoms with van der Waals surface area (Å²) in [5, 5.41) is 8.08. The van der Waals surface area contributed by atoms with Gasteiger partial charge in [-0.2, -0.15) is 9.49 Å². The molecule has 0 fully saturated rings. The molecule has 1 aromatic carbocycles. The number of pyridine rings is 1. The van der Waals surface area contributed by atoms with Gasteiger partial charge in [0.2, 0.25) is 5.95 Å². The van der Waals surface area contributed by atoms with E-state index >= 15 is 0 Å². The van der Waals surface area contributed by atoms with E-state index in [9.17, 15) is 4.39 Å². The van der Waals surface area contributed by atoms with Crippen molar-refractivity contribution in [2.45, 2.75) is 0 Å². The van der Waals surface area contributed by atoms with Crippen molar-refractivity contribution < 1.29 is 4.39 Å². The van der Waals surface area contributed by atoms with Crippen molar-refractivity contribution >= 4 is 10.9 Å². The first-order chi connectivity index (χ1) is 7.84. The smallest absolute Gasteiger partial charge is 0.213 e. The number of halogens is 1. The minimum Gasteiger partial charge on any atom is -0.277 e. The van der Waals surface area contributed by atoms with Gasteiger partial charge in [-0.25, -0.2) is 4.98 Å². The van der Waals surface area contributed by atoms with Crippen LogP contribution in [0.15, 0.2) is 42.6 Å². The van der Waals surface area contributed by atoms with Crippen molar-refractivity contribution in [3.8, 4) is 11.3 Å². The van der Waals surface area contributed by atoms with Crippen molar-refractivity contribution in [2.24, 2.45) is 0 Å². The van der Waals surface area contributed by atoms with Gasteiger partial charge in [0.05, 0.1) is 5.52 Å². The number of hydrogen-bond donors (Lipinski definition) is 1. The van der Waals surface area contributed by atoms with Crippen LogP contribution in [0.4, 0.5) is 4.39 Å². The average Bonchev–Trinajstić information content (AvgIpc) is 2.72. The zero-order chi connectivity index (χ0) is 11.0. The highest BCUT2D eigenvalue weighted by Gasteiger charge is 2.07. The molecule has 78 valence electrons. The summed E-state index contributed by atoms with van der Waals surface area (Å²) in [6.45, 7) is 0. The van der Waals surface area contributed by atoms with E-state index in [0.717, 1.165) is 22.2 Å². The monoisotopic (exact) mass is 213 g/mol. The Labute approximate surface area is 91.0 Å². The third-order valence-corrected chi connectivity index (χ3v) is 2.47. The van der Waals surface area contributed by atoms with E-state index in [0.29, 0.717) is 0 Å². The lowest BCUT2D eigenvalue weighted by Crippen LogP contribution is -1.84. The first-order valence-electron chi connectivity index (χ1n) is 4.89. The number of fused-ring (bicyclic) bond motifs is 1. The van der Waals surface area contributed by atoms with Crippen LogP contribution in [0.3, 0.4) is 0 Å². The van der Waals surface area contributed by atoms with Gasteiger partial charge in [-0.3, -0.25) is 5.10 Å². The van der Waals surface area contributed by atoms with Crippen molar-refractivity contribution in [1.29, 1.82) is 0 Å². The molecule has 2 heterocycles. The SMILES string of the molecule is Fc1cc(-c2n[nH]c3ccccc23)ccn1. The Hall–Kier alpha value is -2.23. The summed E-state index contributed by atoms with van der Waals surface area (Å²) in [6, 6.07) is 10.9. The van der Waals surface area contributed by atoms with Gasteiger partial charge in [0.25, 0.3) is 0 Å². The van der Waals surface area contributed by atoms with Crippen LogP contribution in [0.1, 0.15) is 0 Å². The predicted molar refractivity (Wildman–Crippen MR) is 59.3 cm³/mol. The summed E-state index contributed by atoms with van der Waals surface area (Å²) in [4.78, 5) is 3.53. The Kier molecular flexibility index (Phi) is 1.93. The molecule has 0 amide bonds. The van der Waals surface area contributed by atoms with E-state index in [1.807, 2.05) is 24.3 Å². The lowest BCUT2D eigenvalue weighted by Gasteiger charge is -1.96. The highest BCUT2D eigenvalue weighted by atomic mass is 19.1. The molecule has 0 bridgehead atoms. The summed E-state index contributed by atoms with van der Waals surface area (Å²) >= 11 is 0. The zero-order valence-corrected chi connectivity index (χ0v) is 8.31. The van der Waals surface area contributed by atoms with Crippen LogP contribution in [-0.2, 0) is 0 Å². The third-order valence-electron chi connectivity index (χ3n) is 2.47. The Morgan fingerprint density at radius 1 is 1.12 bits per heavy atom. The van der Waals surface area contributed by atoms with Gasteiger partial charge in [0, 0.05) is 23.2 Å². The number of rotatable bonds is 1. The molecule has 3 aromatic rings. The summed E-state index contributed by atoms with van der Waals surface area (Å²) in [5.41, 5.74) is 2.41. The van der Waals surface area contributed by atoms with Gasteiger partial charge in [-0.1, -0.05) is 18.2 Å². The highest BCUT2D eigenvalue weighted by Crippen LogP contribution is 2.25. The van der Waals surface area contributed by atoms with E-state index in [4.69, 9.17) is 0 Å². The fourth-order valence-electron chi connectivity index (χ4n) is 1.73. The Bertz CT molecular complexity index is 645. The topological polar surface area (TPSA) is 41.6 Å². The van der Waals surface area contributed by atoms with E-state index in [1.54, 1.807) is 6.07 Å². The molecule has 0 spiro atoms. The molecule has 1 N–H and O–H groups in total. The molecule has 0 aliphatic carbocycles. The second kappa shape index (κ2) is 3.41. The van der Waals surface area contributed by atoms with Gasteiger partial charge in [0.1, 0.15) is 5.69 Å². The zero-order valence-electron chi connectivity index (χ0n) is 8.31. The molecular weight excluding hydrogens is 205 g/mol. The second-order valence-corrected chi connectivity index (χ2v) is 3.49. The Morgan fingerprint density at radius 2 is 2.00 bits per heavy atom. The van der Waals surface area contributed by atoms with Gasteiger partial charge in [-0.15, -0.1) is 0 Å². The number of aromatic nitrogens is 3. The third kappa shape index (κ3) is 1.35. The number of hydrogen-bond acceptors (Lipinski definition) is 2. The minimum absolute atomic E-state index is 0.496. The van der Waals surface area contributed by atoms with Crippen LogP contribution < -0.4 is 0 Å². The summed E-state index contributed by atoms with van der Waals surface area (Å²) in [7, 11) is 0. The minimum atomic E-state index is -0.496. The van der Waals surface area contributed by atoms with E-state index in [-0.39, 0.29) is 0 Å². The predicted octanol–water partition coefficient (Wildman–Crippen LogP) is 2.76. The van der Waals surface area contributed by atoms with Gasteiger partial charge < -0.3 is 0 Å². The molecule has 0 radical (unpaired) electrons. The molecular formula is C12H8FN3. The molecule has 0 saturated heterocycles. The van der Waals surface area contributed by atoms with E-state index in [2.05, 4.69) is 15.2 Å². The van der Waals surface area contributed by atoms with E-state index < -0.39 is 5.95 Å². The first-order valence-corrected chi connectivity index (χ1v) is 4.89. The molecule has 0 aliphatic rings. The van der Waals surface area contributed by atoms with E-state index in [1.165, 1.54) is 12.3 Å². The van der Waals surface area contributed by atoms with Crippen molar-refractivity contribution in [3.05, 3.63) is 48.5 Å². The van der Waals surface area contributed by atoms with Gasteiger partial charge >= 0.3 is 0 Å². The molecule has 4 heteroatoms. The van der Waals surface area contributed by atoms with Crippen LogP contribution in [0, 0.1) is 5.95 Å². The van der Waals surface area contributed by atoms with Crippen LogP contribution in [-0.4, -0.2) is 15.2 Å². The number of para-hydroxylation sites is 1. The maximum atomic E-state index is 13.0. The summed E-state index contributed by atoms with van der Waals surface area (Å²) < 4.78 is 13.0. The van der Waals surface area contributed by atoms with Crippen LogP contribution >= 0.6 is 0 Å². The molecule has 16 heavy (non-hydrogen) atoms. The molecule has 0 unspecified atom stereocenters. The number of nitrogens with zero attached hydrogens (tertiary/aromatic N) is 2. The fraction of sp³-hybridized carbons (Fsp3) is 0. The van der Waals surface area contributed by atoms with Crippen LogP contribution in [0.25, 0.3) is 22.2 Å². The van der Waals surface area contributed by atoms with Crippen molar-refractivity contribution in [3.63, 3.8) is 0 Å². The van der Waals surface area contributed by atoms with Crippen LogP contribution in [0.5, 0.6) is 0 Å². The Morgan fingerprint density at radius 3 is 2.88 bits per heavy atom. The lowest BCUT2D eigenvalue weighted by atomic mass is 10.1. The second-order valence-electron chi connectivity index (χ2n) is 3.49. The molecule has 2 aromatic heterocycles. The molecule has 3 rings (SSSR count). The summed E-state index contributed by atoms with van der Waals surface area (Å²) in [6.07, 6.45) is 1.44. The number of aromatic amines is 1. The maximum absolute atomic E-state index is 13.0. The number of nitrogens with one attached hydrogen (secondary N) is 1. The molecule has 3 nitrogen and oxygen atoms in total. The van der Waals surface area contributed by atoms with Gasteiger partial charge in [0.15, 0.2) is 0 Å². The molecule has 0 saturated carbocycles. The van der Waals surface area contributed by atoms with Crippen LogP contribution in [0.2, 0.25) is 0 Å². The maximum Gasteiger partial charge on any atom is 0.213 e. The number of benzene rings is 1. The Balaban J connectivity index is 2.26. The van der Waals surface area contributed by atoms with Gasteiger partial charge in [-0.05, 0) is 12.1 Å². The normalized spacial score (nSPS) is 10.8. The fourth-order valence-corrected chi connectivity index (χ4v) is 1.73. The number of H-pyrrole nitrogens is 1. The standard InChI is InChI=1S/C12H8FN3/c13-11-7-8(5-6-14-11)12-9-3-1-2-4-10(9)15-16-12/h1-7H,(H,15,16). The quantitative estimate of drug-likeness (QED) is 0.631. The largest absolute Gasteiger partial charge is 0.277 e. The van der Waals surface area contributed by atoms with Crippen molar-refractivity contribution in [2.75, 3.05) is 0 Å². The lowest BCUT2D eigenvalue weighted by molar-refractivity contribution is 0.584. The molecule has 0 atom stereocenters. The first kappa shape index (κ1) is 9.03. The summed E-state index contributed by atoms with van der Waals surface area (Å²) in [5.74, 6) is -0.496. The average molecular weight is 213 g/mol. The highest BCUT2D eigenvalue weighted by molar-refractivity contribution is 5.92. The molecule has 0 aliphatic heterocycles.